The summed E-state index contributed by atoms with van der Waals surface area (Å²) in [5.41, 5.74) is 0. The van der Waals surface area contributed by atoms with Gasteiger partial charge in [-0.1, -0.05) is 0 Å². The third-order valence-corrected chi connectivity index (χ3v) is 3.60. The monoisotopic (exact) mass is 196 g/mol. The van der Waals surface area contributed by atoms with Crippen LogP contribution >= 0.6 is 0 Å². The second-order valence-electron chi connectivity index (χ2n) is 4.80. The predicted molar refractivity (Wildman–Crippen MR) is 60.6 cm³/mol. The molecule has 82 valence electrons. The lowest BCUT2D eigenvalue weighted by Crippen LogP contribution is -2.35. The molecule has 3 aliphatic heterocycles. The molecule has 3 aliphatic rings. The van der Waals surface area contributed by atoms with Crippen LogP contribution in [0.4, 0.5) is 0 Å². The lowest BCUT2D eigenvalue weighted by molar-refractivity contribution is 0.184. The van der Waals surface area contributed by atoms with E-state index in [1.54, 1.807) is 0 Å². The van der Waals surface area contributed by atoms with Crippen LogP contribution in [0.1, 0.15) is 38.5 Å². The molecule has 0 atom stereocenters. The van der Waals surface area contributed by atoms with E-state index in [1.807, 2.05) is 0 Å². The maximum atomic E-state index is 2.70. The molecule has 0 radical (unpaired) electrons. The molecular weight excluding hydrogens is 172 g/mol. The zero-order valence-corrected chi connectivity index (χ0v) is 9.38. The van der Waals surface area contributed by atoms with Crippen molar-refractivity contribution in [3.05, 3.63) is 0 Å². The fraction of sp³-hybridized carbons (Fsp3) is 1.00. The van der Waals surface area contributed by atoms with Gasteiger partial charge >= 0.3 is 0 Å². The Morgan fingerprint density at radius 2 is 0.571 bits per heavy atom. The van der Waals surface area contributed by atoms with E-state index in [2.05, 4.69) is 9.80 Å². The van der Waals surface area contributed by atoms with Gasteiger partial charge in [0, 0.05) is 0 Å². The van der Waals surface area contributed by atoms with Crippen LogP contribution in [0.25, 0.3) is 0 Å². The Hall–Kier alpha value is -0.0800. The molecule has 0 unspecified atom stereocenters. The second kappa shape index (κ2) is 5.72. The van der Waals surface area contributed by atoms with Gasteiger partial charge in [-0.3, -0.25) is 0 Å². The van der Waals surface area contributed by atoms with Crippen molar-refractivity contribution in [1.82, 2.24) is 9.80 Å². The predicted octanol–water partition coefficient (Wildman–Crippen LogP) is 1.96. The summed E-state index contributed by atoms with van der Waals surface area (Å²) in [6, 6.07) is 0. The fourth-order valence-corrected chi connectivity index (χ4v) is 2.68. The molecule has 3 fully saturated rings. The van der Waals surface area contributed by atoms with Crippen LogP contribution in [-0.4, -0.2) is 49.1 Å². The van der Waals surface area contributed by atoms with E-state index in [9.17, 15) is 0 Å². The van der Waals surface area contributed by atoms with E-state index in [0.717, 1.165) is 0 Å². The van der Waals surface area contributed by atoms with Crippen molar-refractivity contribution in [2.45, 2.75) is 38.5 Å². The van der Waals surface area contributed by atoms with Crippen LogP contribution in [0.15, 0.2) is 0 Å². The van der Waals surface area contributed by atoms with Crippen molar-refractivity contribution in [2.24, 2.45) is 0 Å². The molecule has 2 bridgehead atoms. The third kappa shape index (κ3) is 3.25. The molecule has 0 amide bonds. The summed E-state index contributed by atoms with van der Waals surface area (Å²) in [5, 5.41) is 0. The van der Waals surface area contributed by atoms with Gasteiger partial charge in [-0.25, -0.2) is 0 Å². The van der Waals surface area contributed by atoms with Crippen LogP contribution in [0.3, 0.4) is 0 Å². The average molecular weight is 196 g/mol. The van der Waals surface area contributed by atoms with E-state index in [-0.39, 0.29) is 0 Å². The average Bonchev–Trinajstić information content (AvgIpc) is 2.25. The van der Waals surface area contributed by atoms with E-state index < -0.39 is 0 Å². The summed E-state index contributed by atoms with van der Waals surface area (Å²) in [5.74, 6) is 0. The standard InChI is InChI=1S/C12H24N2/c1-2-8-14-11-5-3-9-13(7-1)10-4-6-12-14/h1-12H2. The van der Waals surface area contributed by atoms with Crippen molar-refractivity contribution in [1.29, 1.82) is 0 Å². The summed E-state index contributed by atoms with van der Waals surface area (Å²) in [6.45, 7) is 8.13. The first kappa shape index (κ1) is 10.4. The Morgan fingerprint density at radius 1 is 0.357 bits per heavy atom. The lowest BCUT2D eigenvalue weighted by atomic mass is 10.1. The second-order valence-corrected chi connectivity index (χ2v) is 4.80. The number of fused-ring (bicyclic) bond motifs is 9. The largest absolute Gasteiger partial charge is 0.303 e. The molecule has 3 saturated heterocycles. The zero-order valence-electron chi connectivity index (χ0n) is 9.38. The molecule has 14 heavy (non-hydrogen) atoms. The quantitative estimate of drug-likeness (QED) is 0.584. The summed E-state index contributed by atoms with van der Waals surface area (Å²) in [7, 11) is 0. The molecule has 2 heteroatoms. The van der Waals surface area contributed by atoms with Crippen molar-refractivity contribution >= 4 is 0 Å². The molecule has 0 N–H and O–H groups in total. The minimum Gasteiger partial charge on any atom is -0.303 e. The normalized spacial score (nSPS) is 36.0. The van der Waals surface area contributed by atoms with Gasteiger partial charge in [0.25, 0.3) is 0 Å². The first-order valence-corrected chi connectivity index (χ1v) is 6.40. The molecule has 0 aromatic heterocycles. The third-order valence-electron chi connectivity index (χ3n) is 3.60. The maximum absolute atomic E-state index is 2.70. The maximum Gasteiger partial charge on any atom is -0.00183 e. The zero-order chi connectivity index (χ0) is 9.64. The first-order chi connectivity index (χ1) is 6.95. The Balaban J connectivity index is 1.93. The highest BCUT2D eigenvalue weighted by Gasteiger charge is 2.12. The van der Waals surface area contributed by atoms with Crippen LogP contribution < -0.4 is 0 Å². The topological polar surface area (TPSA) is 6.48 Å². The Morgan fingerprint density at radius 3 is 0.786 bits per heavy atom. The number of rotatable bonds is 0. The van der Waals surface area contributed by atoms with Crippen LogP contribution in [0.5, 0.6) is 0 Å². The Bertz CT molecular complexity index is 112. The summed E-state index contributed by atoms with van der Waals surface area (Å²) >= 11 is 0. The van der Waals surface area contributed by atoms with E-state index in [1.165, 1.54) is 77.8 Å². The molecule has 3 rings (SSSR count). The van der Waals surface area contributed by atoms with Gasteiger partial charge < -0.3 is 9.80 Å². The van der Waals surface area contributed by atoms with Crippen LogP contribution in [0, 0.1) is 0 Å². The summed E-state index contributed by atoms with van der Waals surface area (Å²) < 4.78 is 0. The van der Waals surface area contributed by atoms with Crippen molar-refractivity contribution in [3.63, 3.8) is 0 Å². The van der Waals surface area contributed by atoms with Crippen LogP contribution in [0.2, 0.25) is 0 Å². The summed E-state index contributed by atoms with van der Waals surface area (Å²) in [4.78, 5) is 5.39. The highest BCUT2D eigenvalue weighted by Crippen LogP contribution is 2.10. The minimum atomic E-state index is 1.36. The highest BCUT2D eigenvalue weighted by molar-refractivity contribution is 4.68. The van der Waals surface area contributed by atoms with Gasteiger partial charge in [0.05, 0.1) is 0 Å². The van der Waals surface area contributed by atoms with Gasteiger partial charge in [-0.15, -0.1) is 0 Å². The number of hydrogen-bond donors (Lipinski definition) is 0. The van der Waals surface area contributed by atoms with Crippen molar-refractivity contribution in [3.8, 4) is 0 Å². The van der Waals surface area contributed by atoms with Gasteiger partial charge in [0.1, 0.15) is 0 Å². The molecule has 0 saturated carbocycles. The lowest BCUT2D eigenvalue weighted by Gasteiger charge is -2.30. The molecule has 0 spiro atoms. The van der Waals surface area contributed by atoms with Gasteiger partial charge in [-0.2, -0.15) is 0 Å². The van der Waals surface area contributed by atoms with E-state index in [4.69, 9.17) is 0 Å². The minimum absolute atomic E-state index is 1.36. The van der Waals surface area contributed by atoms with E-state index in [0.29, 0.717) is 0 Å². The van der Waals surface area contributed by atoms with Crippen molar-refractivity contribution < 1.29 is 0 Å². The van der Waals surface area contributed by atoms with Crippen LogP contribution in [-0.2, 0) is 0 Å². The van der Waals surface area contributed by atoms with Gasteiger partial charge in [0.15, 0.2) is 0 Å². The van der Waals surface area contributed by atoms with Crippen molar-refractivity contribution in [2.75, 3.05) is 39.3 Å². The molecule has 3 heterocycles. The molecular formula is C12H24N2. The number of hydrogen-bond acceptors (Lipinski definition) is 2. The van der Waals surface area contributed by atoms with Gasteiger partial charge in [0.2, 0.25) is 0 Å². The Kier molecular flexibility index (Phi) is 4.26. The molecule has 0 aliphatic carbocycles. The first-order valence-electron chi connectivity index (χ1n) is 6.40. The molecule has 0 aromatic carbocycles. The van der Waals surface area contributed by atoms with Gasteiger partial charge in [-0.05, 0) is 77.8 Å². The molecule has 2 nitrogen and oxygen atoms in total. The summed E-state index contributed by atoms with van der Waals surface area (Å²) in [6.07, 6.45) is 8.48. The molecule has 0 aromatic rings. The SMILES string of the molecule is C1CCN2CCCCN(C1)CCCC2. The number of nitrogens with zero attached hydrogens (tertiary/aromatic N) is 2. The fourth-order valence-electron chi connectivity index (χ4n) is 2.68. The van der Waals surface area contributed by atoms with E-state index >= 15 is 0 Å². The Labute approximate surface area is 88.3 Å². The highest BCUT2D eigenvalue weighted by atomic mass is 15.1. The smallest absolute Gasteiger partial charge is 0.00183 e.